The number of aromatic nitrogens is 1. The Labute approximate surface area is 147 Å². The molecule has 0 bridgehead atoms. The summed E-state index contributed by atoms with van der Waals surface area (Å²) in [6, 6.07) is 3.85. The minimum Gasteiger partial charge on any atom is -0.388 e. The number of nitrogens with one attached hydrogen (secondary N) is 1. The van der Waals surface area contributed by atoms with Crippen LogP contribution in [0.25, 0.3) is 0 Å². The molecule has 136 valence electrons. The summed E-state index contributed by atoms with van der Waals surface area (Å²) in [5, 5.41) is 11.2. The highest BCUT2D eigenvalue weighted by atomic mass is 35.5. The topological polar surface area (TPSA) is 79.3 Å². The van der Waals surface area contributed by atoms with Gasteiger partial charge in [0.15, 0.2) is 0 Å². The van der Waals surface area contributed by atoms with E-state index in [9.17, 15) is 17.9 Å². The number of alkyl halides is 1. The standard InChI is InChI=1S/C16H24ClFN2O3S/c1-15(2,3)24(22,23)20-14(12-5-4-6-13(17)19-12)16(21)9-7-11(18)8-10-16/h4-6,11,14,20-21H,7-10H2,1-3H3. The molecule has 1 unspecified atom stereocenters. The van der Waals surface area contributed by atoms with E-state index >= 15 is 0 Å². The van der Waals surface area contributed by atoms with Crippen LogP contribution in [0.5, 0.6) is 0 Å². The number of nitrogens with zero attached hydrogens (tertiary/aromatic N) is 1. The Morgan fingerprint density at radius 1 is 1.38 bits per heavy atom. The maximum Gasteiger partial charge on any atom is 0.217 e. The quantitative estimate of drug-likeness (QED) is 0.789. The van der Waals surface area contributed by atoms with Crippen LogP contribution in [0.4, 0.5) is 4.39 Å². The summed E-state index contributed by atoms with van der Waals surface area (Å²) >= 11 is 5.93. The monoisotopic (exact) mass is 378 g/mol. The van der Waals surface area contributed by atoms with Gasteiger partial charge in [0.25, 0.3) is 0 Å². The fourth-order valence-electron chi connectivity index (χ4n) is 2.73. The first-order valence-electron chi connectivity index (χ1n) is 7.95. The van der Waals surface area contributed by atoms with Gasteiger partial charge in [-0.15, -0.1) is 0 Å². The molecule has 0 amide bonds. The van der Waals surface area contributed by atoms with Gasteiger partial charge in [-0.2, -0.15) is 0 Å². The van der Waals surface area contributed by atoms with Crippen molar-refractivity contribution in [1.82, 2.24) is 9.71 Å². The minimum absolute atomic E-state index is 0.152. The van der Waals surface area contributed by atoms with Crippen molar-refractivity contribution >= 4 is 21.6 Å². The molecule has 2 rings (SSSR count). The Morgan fingerprint density at radius 2 is 1.96 bits per heavy atom. The lowest BCUT2D eigenvalue weighted by Crippen LogP contribution is -2.52. The summed E-state index contributed by atoms with van der Waals surface area (Å²) in [5.74, 6) is 0. The number of aliphatic hydroxyl groups is 1. The van der Waals surface area contributed by atoms with Crippen molar-refractivity contribution in [3.8, 4) is 0 Å². The lowest BCUT2D eigenvalue weighted by molar-refractivity contribution is -0.0418. The first kappa shape index (κ1) is 19.6. The van der Waals surface area contributed by atoms with E-state index in [0.29, 0.717) is 5.69 Å². The van der Waals surface area contributed by atoms with Crippen molar-refractivity contribution in [2.75, 3.05) is 0 Å². The molecule has 1 aromatic heterocycles. The van der Waals surface area contributed by atoms with Crippen LogP contribution in [-0.2, 0) is 10.0 Å². The van der Waals surface area contributed by atoms with Crippen LogP contribution in [0.15, 0.2) is 18.2 Å². The highest BCUT2D eigenvalue weighted by molar-refractivity contribution is 7.90. The van der Waals surface area contributed by atoms with Gasteiger partial charge in [-0.05, 0) is 58.6 Å². The van der Waals surface area contributed by atoms with E-state index in [0.717, 1.165) is 0 Å². The number of rotatable bonds is 4. The third-order valence-electron chi connectivity index (χ3n) is 4.43. The molecule has 1 saturated carbocycles. The molecule has 1 heterocycles. The van der Waals surface area contributed by atoms with Gasteiger partial charge >= 0.3 is 0 Å². The van der Waals surface area contributed by atoms with Gasteiger partial charge < -0.3 is 5.11 Å². The van der Waals surface area contributed by atoms with Crippen molar-refractivity contribution in [2.45, 2.75) is 69.0 Å². The Kier molecular flexibility index (Phi) is 5.59. The molecule has 5 nitrogen and oxygen atoms in total. The van der Waals surface area contributed by atoms with Gasteiger partial charge in [0.1, 0.15) is 11.3 Å². The zero-order valence-corrected chi connectivity index (χ0v) is 15.7. The van der Waals surface area contributed by atoms with E-state index in [1.54, 1.807) is 39.0 Å². The number of hydrogen-bond donors (Lipinski definition) is 2. The molecular formula is C16H24ClFN2O3S. The SMILES string of the molecule is CC(C)(C)S(=O)(=O)NC(c1cccc(Cl)n1)C1(O)CCC(F)CC1. The molecule has 1 aliphatic rings. The van der Waals surface area contributed by atoms with Gasteiger partial charge in [-0.1, -0.05) is 17.7 Å². The van der Waals surface area contributed by atoms with E-state index in [2.05, 4.69) is 9.71 Å². The molecule has 0 radical (unpaired) electrons. The second-order valence-electron chi connectivity index (χ2n) is 7.33. The second-order valence-corrected chi connectivity index (χ2v) is 10.2. The Balaban J connectivity index is 2.43. The zero-order chi connectivity index (χ0) is 18.2. The highest BCUT2D eigenvalue weighted by Gasteiger charge is 2.45. The lowest BCUT2D eigenvalue weighted by Gasteiger charge is -2.40. The summed E-state index contributed by atoms with van der Waals surface area (Å²) < 4.78 is 40.2. The van der Waals surface area contributed by atoms with Gasteiger partial charge in [-0.3, -0.25) is 0 Å². The van der Waals surface area contributed by atoms with Crippen LogP contribution in [0.2, 0.25) is 5.15 Å². The molecule has 24 heavy (non-hydrogen) atoms. The fourth-order valence-corrected chi connectivity index (χ4v) is 3.91. The van der Waals surface area contributed by atoms with Crippen molar-refractivity contribution in [1.29, 1.82) is 0 Å². The smallest absolute Gasteiger partial charge is 0.217 e. The largest absolute Gasteiger partial charge is 0.388 e. The van der Waals surface area contributed by atoms with Crippen molar-refractivity contribution in [3.63, 3.8) is 0 Å². The van der Waals surface area contributed by atoms with Crippen LogP contribution < -0.4 is 4.72 Å². The first-order chi connectivity index (χ1) is 10.9. The van der Waals surface area contributed by atoms with Crippen LogP contribution in [-0.4, -0.2) is 35.0 Å². The summed E-state index contributed by atoms with van der Waals surface area (Å²) in [6.45, 7) is 4.71. The van der Waals surface area contributed by atoms with Crippen molar-refractivity contribution in [2.24, 2.45) is 0 Å². The van der Waals surface area contributed by atoms with Crippen molar-refractivity contribution < 1.29 is 17.9 Å². The number of pyridine rings is 1. The normalized spacial score (nSPS) is 27.0. The molecule has 0 saturated heterocycles. The maximum absolute atomic E-state index is 13.5. The molecule has 8 heteroatoms. The average molecular weight is 379 g/mol. The average Bonchev–Trinajstić information content (AvgIpc) is 2.47. The summed E-state index contributed by atoms with van der Waals surface area (Å²) in [4.78, 5) is 4.16. The third-order valence-corrected chi connectivity index (χ3v) is 6.80. The van der Waals surface area contributed by atoms with Gasteiger partial charge in [0.05, 0.1) is 22.1 Å². The number of hydrogen-bond acceptors (Lipinski definition) is 4. The summed E-state index contributed by atoms with van der Waals surface area (Å²) in [6.07, 6.45) is -0.299. The van der Waals surface area contributed by atoms with Crippen LogP contribution >= 0.6 is 11.6 Å². The zero-order valence-electron chi connectivity index (χ0n) is 14.1. The molecule has 1 fully saturated rings. The van der Waals surface area contributed by atoms with Gasteiger partial charge in [0, 0.05) is 0 Å². The molecule has 2 N–H and O–H groups in total. The molecule has 1 aliphatic carbocycles. The number of sulfonamides is 1. The van der Waals surface area contributed by atoms with E-state index in [1.165, 1.54) is 0 Å². The molecule has 0 aliphatic heterocycles. The number of halogens is 2. The van der Waals surface area contributed by atoms with Crippen LogP contribution in [0.3, 0.4) is 0 Å². The fraction of sp³-hybridized carbons (Fsp3) is 0.688. The van der Waals surface area contributed by atoms with Crippen LogP contribution in [0.1, 0.15) is 58.2 Å². The molecule has 1 aromatic rings. The predicted octanol–water partition coefficient (Wildman–Crippen LogP) is 3.14. The predicted molar refractivity (Wildman–Crippen MR) is 92.1 cm³/mol. The Bertz CT molecular complexity index is 683. The highest BCUT2D eigenvalue weighted by Crippen LogP contribution is 2.40. The van der Waals surface area contributed by atoms with Gasteiger partial charge in [-0.25, -0.2) is 22.5 Å². The minimum atomic E-state index is -3.75. The summed E-state index contributed by atoms with van der Waals surface area (Å²) in [5.41, 5.74) is -1.08. The van der Waals surface area contributed by atoms with Crippen LogP contribution in [0, 0.1) is 0 Å². The lowest BCUT2D eigenvalue weighted by atomic mass is 9.78. The third kappa shape index (κ3) is 4.25. The van der Waals surface area contributed by atoms with Crippen molar-refractivity contribution in [3.05, 3.63) is 29.0 Å². The van der Waals surface area contributed by atoms with E-state index in [4.69, 9.17) is 11.6 Å². The Morgan fingerprint density at radius 3 is 2.46 bits per heavy atom. The van der Waals surface area contributed by atoms with E-state index in [1.807, 2.05) is 0 Å². The Hall–Kier alpha value is -0.760. The molecule has 0 aromatic carbocycles. The van der Waals surface area contributed by atoms with Gasteiger partial charge in [0.2, 0.25) is 10.0 Å². The van der Waals surface area contributed by atoms with E-state index in [-0.39, 0.29) is 30.8 Å². The summed E-state index contributed by atoms with van der Waals surface area (Å²) in [7, 11) is -3.75. The first-order valence-corrected chi connectivity index (χ1v) is 9.81. The van der Waals surface area contributed by atoms with E-state index < -0.39 is 32.6 Å². The maximum atomic E-state index is 13.5. The molecule has 0 spiro atoms. The molecular weight excluding hydrogens is 355 g/mol. The second kappa shape index (κ2) is 6.86. The molecule has 1 atom stereocenters.